The highest BCUT2D eigenvalue weighted by Gasteiger charge is 2.14. The average Bonchev–Trinajstić information content (AvgIpc) is 2.96. The zero-order valence-electron chi connectivity index (χ0n) is 11.3. The minimum Gasteiger partial charge on any atom is -0.352 e. The Morgan fingerprint density at radius 2 is 1.89 bits per heavy atom. The van der Waals surface area contributed by atoms with Crippen molar-refractivity contribution in [2.24, 2.45) is 11.8 Å². The molecule has 0 atom stereocenters. The van der Waals surface area contributed by atoms with Crippen molar-refractivity contribution >= 4 is 11.6 Å². The van der Waals surface area contributed by atoms with E-state index in [1.165, 1.54) is 32.1 Å². The molecule has 1 saturated carbocycles. The molecule has 0 radical (unpaired) electrons. The maximum absolute atomic E-state index is 11.9. The van der Waals surface area contributed by atoms with E-state index < -0.39 is 0 Å². The van der Waals surface area contributed by atoms with Crippen LogP contribution in [-0.2, 0) is 0 Å². The summed E-state index contributed by atoms with van der Waals surface area (Å²) in [6, 6.07) is 7.16. The van der Waals surface area contributed by atoms with Gasteiger partial charge in [-0.05, 0) is 43.0 Å². The van der Waals surface area contributed by atoms with E-state index in [0.717, 1.165) is 24.6 Å². The summed E-state index contributed by atoms with van der Waals surface area (Å²) in [5, 5.41) is 2.97. The Morgan fingerprint density at radius 1 is 1.21 bits per heavy atom. The standard InChI is InChI=1S/C15H23N3O/c16-18-14-9-7-13(8-10-14)15(19)17-11-3-6-12-4-1-2-5-12/h7-10,12,18H,1-6,11,16H2,(H,17,19). The Balaban J connectivity index is 1.68. The molecule has 0 unspecified atom stereocenters. The number of rotatable bonds is 6. The van der Waals surface area contributed by atoms with Crippen molar-refractivity contribution in [3.8, 4) is 0 Å². The predicted molar refractivity (Wildman–Crippen MR) is 77.8 cm³/mol. The normalized spacial score (nSPS) is 15.4. The first-order valence-corrected chi connectivity index (χ1v) is 7.14. The summed E-state index contributed by atoms with van der Waals surface area (Å²) in [7, 11) is 0. The molecule has 0 heterocycles. The summed E-state index contributed by atoms with van der Waals surface area (Å²) in [6.07, 6.45) is 7.86. The minimum absolute atomic E-state index is 0.00464. The van der Waals surface area contributed by atoms with Gasteiger partial charge in [-0.1, -0.05) is 25.7 Å². The Morgan fingerprint density at radius 3 is 2.53 bits per heavy atom. The van der Waals surface area contributed by atoms with Gasteiger partial charge in [0.05, 0.1) is 0 Å². The Hall–Kier alpha value is -1.55. The number of hydrogen-bond donors (Lipinski definition) is 3. The van der Waals surface area contributed by atoms with Gasteiger partial charge in [0.2, 0.25) is 0 Å². The molecular weight excluding hydrogens is 238 g/mol. The van der Waals surface area contributed by atoms with Crippen molar-refractivity contribution in [1.29, 1.82) is 0 Å². The summed E-state index contributed by atoms with van der Waals surface area (Å²) in [4.78, 5) is 11.9. The van der Waals surface area contributed by atoms with E-state index >= 15 is 0 Å². The second kappa shape index (κ2) is 7.14. The van der Waals surface area contributed by atoms with Crippen LogP contribution in [-0.4, -0.2) is 12.5 Å². The van der Waals surface area contributed by atoms with Gasteiger partial charge in [-0.3, -0.25) is 10.6 Å². The fraction of sp³-hybridized carbons (Fsp3) is 0.533. The summed E-state index contributed by atoms with van der Waals surface area (Å²) < 4.78 is 0. The Bertz CT molecular complexity index is 396. The summed E-state index contributed by atoms with van der Waals surface area (Å²) in [5.41, 5.74) is 4.03. The van der Waals surface area contributed by atoms with Crippen LogP contribution in [0.15, 0.2) is 24.3 Å². The second-order valence-electron chi connectivity index (χ2n) is 5.27. The zero-order valence-corrected chi connectivity index (χ0v) is 11.3. The number of carbonyl (C=O) groups excluding carboxylic acids is 1. The number of nitrogens with one attached hydrogen (secondary N) is 2. The van der Waals surface area contributed by atoms with Crippen LogP contribution in [0.3, 0.4) is 0 Å². The van der Waals surface area contributed by atoms with E-state index in [1.54, 1.807) is 24.3 Å². The number of benzene rings is 1. The molecule has 0 saturated heterocycles. The van der Waals surface area contributed by atoms with Crippen molar-refractivity contribution in [3.05, 3.63) is 29.8 Å². The molecule has 104 valence electrons. The topological polar surface area (TPSA) is 67.1 Å². The molecule has 1 aliphatic carbocycles. The van der Waals surface area contributed by atoms with E-state index in [1.807, 2.05) is 0 Å². The van der Waals surface area contributed by atoms with Crippen LogP contribution in [0.25, 0.3) is 0 Å². The van der Waals surface area contributed by atoms with E-state index in [2.05, 4.69) is 10.7 Å². The number of nitrogen functional groups attached to an aromatic ring is 1. The molecule has 4 nitrogen and oxygen atoms in total. The van der Waals surface area contributed by atoms with Crippen LogP contribution in [0.4, 0.5) is 5.69 Å². The van der Waals surface area contributed by atoms with Crippen molar-refractivity contribution in [2.75, 3.05) is 12.0 Å². The lowest BCUT2D eigenvalue weighted by molar-refractivity contribution is 0.0952. The van der Waals surface area contributed by atoms with Crippen LogP contribution in [0, 0.1) is 5.92 Å². The van der Waals surface area contributed by atoms with Gasteiger partial charge in [0, 0.05) is 17.8 Å². The number of nitrogens with two attached hydrogens (primary N) is 1. The first-order valence-electron chi connectivity index (χ1n) is 7.14. The lowest BCUT2D eigenvalue weighted by atomic mass is 10.0. The number of hydrogen-bond acceptors (Lipinski definition) is 3. The van der Waals surface area contributed by atoms with Crippen LogP contribution >= 0.6 is 0 Å². The maximum Gasteiger partial charge on any atom is 0.251 e. The van der Waals surface area contributed by atoms with Gasteiger partial charge in [0.25, 0.3) is 5.91 Å². The highest BCUT2D eigenvalue weighted by molar-refractivity contribution is 5.94. The summed E-state index contributed by atoms with van der Waals surface area (Å²) >= 11 is 0. The molecule has 4 heteroatoms. The molecule has 1 amide bonds. The molecular formula is C15H23N3O. The fourth-order valence-electron chi connectivity index (χ4n) is 2.71. The van der Waals surface area contributed by atoms with E-state index in [4.69, 9.17) is 5.84 Å². The highest BCUT2D eigenvalue weighted by atomic mass is 16.1. The van der Waals surface area contributed by atoms with Crippen molar-refractivity contribution < 1.29 is 4.79 Å². The predicted octanol–water partition coefficient (Wildman–Crippen LogP) is 2.67. The van der Waals surface area contributed by atoms with Crippen LogP contribution < -0.4 is 16.6 Å². The van der Waals surface area contributed by atoms with E-state index in [-0.39, 0.29) is 5.91 Å². The maximum atomic E-state index is 11.9. The van der Waals surface area contributed by atoms with Crippen molar-refractivity contribution in [2.45, 2.75) is 38.5 Å². The third-order valence-electron chi connectivity index (χ3n) is 3.86. The molecule has 0 bridgehead atoms. The molecule has 0 aliphatic heterocycles. The van der Waals surface area contributed by atoms with Gasteiger partial charge in [-0.25, -0.2) is 0 Å². The first kappa shape index (κ1) is 13.9. The van der Waals surface area contributed by atoms with Gasteiger partial charge in [-0.2, -0.15) is 0 Å². The molecule has 19 heavy (non-hydrogen) atoms. The van der Waals surface area contributed by atoms with Crippen molar-refractivity contribution in [3.63, 3.8) is 0 Å². The molecule has 1 fully saturated rings. The molecule has 4 N–H and O–H groups in total. The zero-order chi connectivity index (χ0) is 13.5. The van der Waals surface area contributed by atoms with Crippen molar-refractivity contribution in [1.82, 2.24) is 5.32 Å². The van der Waals surface area contributed by atoms with Gasteiger partial charge in [0.1, 0.15) is 0 Å². The Kier molecular flexibility index (Phi) is 5.21. The average molecular weight is 261 g/mol. The number of hydrazine groups is 1. The largest absolute Gasteiger partial charge is 0.352 e. The van der Waals surface area contributed by atoms with Crippen LogP contribution in [0.5, 0.6) is 0 Å². The Labute approximate surface area is 114 Å². The smallest absolute Gasteiger partial charge is 0.251 e. The number of carbonyl (C=O) groups is 1. The first-order chi connectivity index (χ1) is 9.29. The molecule has 0 spiro atoms. The molecule has 0 aromatic heterocycles. The SMILES string of the molecule is NNc1ccc(C(=O)NCCCC2CCCC2)cc1. The van der Waals surface area contributed by atoms with Crippen LogP contribution in [0.2, 0.25) is 0 Å². The highest BCUT2D eigenvalue weighted by Crippen LogP contribution is 2.28. The third kappa shape index (κ3) is 4.24. The summed E-state index contributed by atoms with van der Waals surface area (Å²) in [6.45, 7) is 0.770. The molecule has 1 aromatic carbocycles. The fourth-order valence-corrected chi connectivity index (χ4v) is 2.71. The molecule has 2 rings (SSSR count). The number of amides is 1. The molecule has 1 aliphatic rings. The quantitative estimate of drug-likeness (QED) is 0.419. The van der Waals surface area contributed by atoms with Gasteiger partial charge >= 0.3 is 0 Å². The second-order valence-corrected chi connectivity index (χ2v) is 5.27. The van der Waals surface area contributed by atoms with E-state index in [0.29, 0.717) is 5.56 Å². The van der Waals surface area contributed by atoms with Gasteiger partial charge < -0.3 is 10.7 Å². The lowest BCUT2D eigenvalue weighted by Gasteiger charge is -2.09. The summed E-state index contributed by atoms with van der Waals surface area (Å²) in [5.74, 6) is 6.17. The van der Waals surface area contributed by atoms with Crippen LogP contribution in [0.1, 0.15) is 48.9 Å². The molecule has 1 aromatic rings. The van der Waals surface area contributed by atoms with Gasteiger partial charge in [0.15, 0.2) is 0 Å². The number of anilines is 1. The monoisotopic (exact) mass is 261 g/mol. The third-order valence-corrected chi connectivity index (χ3v) is 3.86. The van der Waals surface area contributed by atoms with Gasteiger partial charge in [-0.15, -0.1) is 0 Å². The lowest BCUT2D eigenvalue weighted by Crippen LogP contribution is -2.24. The van der Waals surface area contributed by atoms with E-state index in [9.17, 15) is 4.79 Å². The minimum atomic E-state index is -0.00464.